The summed E-state index contributed by atoms with van der Waals surface area (Å²) in [5, 5.41) is 2.66. The molecular weight excluding hydrogens is 403 g/mol. The number of hydrogen-bond donors (Lipinski definition) is 1. The average Bonchev–Trinajstić information content (AvgIpc) is 2.71. The van der Waals surface area contributed by atoms with Crippen LogP contribution in [-0.4, -0.2) is 35.3 Å². The van der Waals surface area contributed by atoms with E-state index in [0.717, 1.165) is 22.8 Å². The maximum atomic E-state index is 13.1. The highest BCUT2D eigenvalue weighted by atomic mass is 19.4. The first-order valence-electron chi connectivity index (χ1n) is 8.92. The Bertz CT molecular complexity index is 1200. The van der Waals surface area contributed by atoms with Crippen LogP contribution in [0.1, 0.15) is 5.56 Å². The number of ether oxygens (including phenoxy) is 1. The number of halogens is 3. The van der Waals surface area contributed by atoms with Crippen molar-refractivity contribution in [3.63, 3.8) is 0 Å². The van der Waals surface area contributed by atoms with Crippen LogP contribution in [0.3, 0.4) is 0 Å². The Morgan fingerprint density at radius 3 is 2.53 bits per heavy atom. The second kappa shape index (κ2) is 8.54. The maximum absolute atomic E-state index is 13.1. The average molecular weight is 421 g/mol. The van der Waals surface area contributed by atoms with Crippen molar-refractivity contribution in [3.8, 4) is 5.69 Å². The second-order valence-corrected chi connectivity index (χ2v) is 6.42. The summed E-state index contributed by atoms with van der Waals surface area (Å²) in [5.41, 5.74) is -2.72. The first kappa shape index (κ1) is 21.3. The molecule has 3 aromatic rings. The van der Waals surface area contributed by atoms with Crippen molar-refractivity contribution in [2.45, 2.75) is 12.7 Å². The number of para-hydroxylation sites is 1. The lowest BCUT2D eigenvalue weighted by Gasteiger charge is -2.15. The van der Waals surface area contributed by atoms with E-state index in [9.17, 15) is 27.6 Å². The van der Waals surface area contributed by atoms with E-state index in [0.29, 0.717) is 4.57 Å². The van der Waals surface area contributed by atoms with Gasteiger partial charge in [-0.1, -0.05) is 18.2 Å². The molecule has 0 saturated heterocycles. The third kappa shape index (κ3) is 4.28. The molecule has 158 valence electrons. The van der Waals surface area contributed by atoms with Gasteiger partial charge in [0.05, 0.1) is 28.8 Å². The minimum Gasteiger partial charge on any atom is -0.383 e. The molecule has 1 aromatic heterocycles. The zero-order valence-electron chi connectivity index (χ0n) is 15.9. The first-order valence-corrected chi connectivity index (χ1v) is 8.92. The van der Waals surface area contributed by atoms with Gasteiger partial charge in [-0.15, -0.1) is 0 Å². The van der Waals surface area contributed by atoms with Crippen molar-refractivity contribution in [3.05, 3.63) is 74.9 Å². The van der Waals surface area contributed by atoms with E-state index in [1.165, 1.54) is 25.3 Å². The van der Waals surface area contributed by atoms with E-state index in [4.69, 9.17) is 4.74 Å². The summed E-state index contributed by atoms with van der Waals surface area (Å²) in [6.45, 7) is 0.0721. The van der Waals surface area contributed by atoms with Gasteiger partial charge >= 0.3 is 11.9 Å². The van der Waals surface area contributed by atoms with Gasteiger partial charge in [-0.2, -0.15) is 13.2 Å². The van der Waals surface area contributed by atoms with Crippen LogP contribution in [0.15, 0.2) is 58.1 Å². The number of carbonyl (C=O) groups excluding carboxylic acids is 1. The van der Waals surface area contributed by atoms with Gasteiger partial charge < -0.3 is 10.1 Å². The molecule has 1 N–H and O–H groups in total. The Morgan fingerprint density at radius 1 is 1.10 bits per heavy atom. The summed E-state index contributed by atoms with van der Waals surface area (Å²) in [6.07, 6.45) is -4.64. The summed E-state index contributed by atoms with van der Waals surface area (Å²) < 4.78 is 45.8. The first-order chi connectivity index (χ1) is 14.2. The molecule has 3 rings (SSSR count). The van der Waals surface area contributed by atoms with Crippen LogP contribution >= 0.6 is 0 Å². The van der Waals surface area contributed by atoms with Crippen molar-refractivity contribution < 1.29 is 22.7 Å². The van der Waals surface area contributed by atoms with Crippen LogP contribution in [0.4, 0.5) is 13.2 Å². The van der Waals surface area contributed by atoms with Gasteiger partial charge in [0.2, 0.25) is 5.91 Å². The number of alkyl halides is 3. The number of hydrogen-bond acceptors (Lipinski definition) is 4. The van der Waals surface area contributed by atoms with Crippen LogP contribution in [-0.2, 0) is 22.3 Å². The fourth-order valence-electron chi connectivity index (χ4n) is 3.01. The Hall–Kier alpha value is -3.40. The van der Waals surface area contributed by atoms with Crippen molar-refractivity contribution in [2.24, 2.45) is 0 Å². The molecule has 30 heavy (non-hydrogen) atoms. The summed E-state index contributed by atoms with van der Waals surface area (Å²) >= 11 is 0. The lowest BCUT2D eigenvalue weighted by molar-refractivity contribution is -0.137. The molecule has 0 radical (unpaired) electrons. The number of amides is 1. The van der Waals surface area contributed by atoms with Crippen molar-refractivity contribution in [1.29, 1.82) is 0 Å². The van der Waals surface area contributed by atoms with Gasteiger partial charge in [-0.3, -0.25) is 14.2 Å². The summed E-state index contributed by atoms with van der Waals surface area (Å²) in [6, 6.07) is 10.0. The predicted molar refractivity (Wildman–Crippen MR) is 104 cm³/mol. The SMILES string of the molecule is COCCNC(=O)Cn1c(=O)n(-c2cccc(C(F)(F)F)c2)c(=O)c2ccccc21. The van der Waals surface area contributed by atoms with Crippen LogP contribution in [0.25, 0.3) is 16.6 Å². The molecule has 0 fully saturated rings. The monoisotopic (exact) mass is 421 g/mol. The molecular formula is C20H18F3N3O4. The van der Waals surface area contributed by atoms with Gasteiger partial charge in [0.1, 0.15) is 6.54 Å². The van der Waals surface area contributed by atoms with E-state index in [-0.39, 0.29) is 29.7 Å². The quantitative estimate of drug-likeness (QED) is 0.617. The predicted octanol–water partition coefficient (Wildman–Crippen LogP) is 1.93. The number of nitrogens with one attached hydrogen (secondary N) is 1. The highest BCUT2D eigenvalue weighted by Gasteiger charge is 2.31. The molecule has 2 aromatic carbocycles. The molecule has 0 bridgehead atoms. The van der Waals surface area contributed by atoms with Gasteiger partial charge in [-0.25, -0.2) is 9.36 Å². The molecule has 0 aliphatic carbocycles. The number of nitrogens with zero attached hydrogens (tertiary/aromatic N) is 2. The standard InChI is InChI=1S/C20H18F3N3O4/c1-30-10-9-24-17(27)12-25-16-8-3-2-7-15(16)18(28)26(19(25)29)14-6-4-5-13(11-14)20(21,22)23/h2-8,11H,9-10,12H2,1H3,(H,24,27). The maximum Gasteiger partial charge on any atom is 0.416 e. The number of carbonyl (C=O) groups is 1. The molecule has 0 unspecified atom stereocenters. The lowest BCUT2D eigenvalue weighted by atomic mass is 10.2. The van der Waals surface area contributed by atoms with Crippen molar-refractivity contribution >= 4 is 16.8 Å². The van der Waals surface area contributed by atoms with Crippen LogP contribution in [0.5, 0.6) is 0 Å². The zero-order valence-corrected chi connectivity index (χ0v) is 15.9. The minimum atomic E-state index is -4.64. The van der Waals surface area contributed by atoms with Gasteiger partial charge in [0, 0.05) is 13.7 Å². The fraction of sp³-hybridized carbons (Fsp3) is 0.250. The Balaban J connectivity index is 2.18. The molecule has 0 saturated carbocycles. The van der Waals surface area contributed by atoms with Gasteiger partial charge in [-0.05, 0) is 30.3 Å². The largest absolute Gasteiger partial charge is 0.416 e. The normalized spacial score (nSPS) is 11.6. The van der Waals surface area contributed by atoms with Crippen LogP contribution < -0.4 is 16.6 Å². The fourth-order valence-corrected chi connectivity index (χ4v) is 3.01. The molecule has 0 aliphatic heterocycles. The minimum absolute atomic E-state index is 0.0965. The van der Waals surface area contributed by atoms with E-state index < -0.39 is 35.4 Å². The Labute approximate surface area is 168 Å². The number of benzene rings is 2. The lowest BCUT2D eigenvalue weighted by Crippen LogP contribution is -2.42. The number of fused-ring (bicyclic) bond motifs is 1. The molecule has 0 spiro atoms. The second-order valence-electron chi connectivity index (χ2n) is 6.42. The van der Waals surface area contributed by atoms with Gasteiger partial charge in [0.25, 0.3) is 5.56 Å². The number of rotatable bonds is 6. The van der Waals surface area contributed by atoms with E-state index in [2.05, 4.69) is 5.32 Å². The van der Waals surface area contributed by atoms with Crippen LogP contribution in [0, 0.1) is 0 Å². The van der Waals surface area contributed by atoms with Crippen molar-refractivity contribution in [1.82, 2.24) is 14.5 Å². The molecule has 0 atom stereocenters. The molecule has 1 amide bonds. The summed E-state index contributed by atoms with van der Waals surface area (Å²) in [7, 11) is 1.47. The Kier molecular flexibility index (Phi) is 6.06. The number of aromatic nitrogens is 2. The number of methoxy groups -OCH3 is 1. The smallest absolute Gasteiger partial charge is 0.383 e. The third-order valence-corrected chi connectivity index (χ3v) is 4.41. The molecule has 0 aliphatic rings. The molecule has 1 heterocycles. The van der Waals surface area contributed by atoms with E-state index >= 15 is 0 Å². The third-order valence-electron chi connectivity index (χ3n) is 4.41. The summed E-state index contributed by atoms with van der Waals surface area (Å²) in [4.78, 5) is 38.2. The van der Waals surface area contributed by atoms with Gasteiger partial charge in [0.15, 0.2) is 0 Å². The zero-order chi connectivity index (χ0) is 21.9. The highest BCUT2D eigenvalue weighted by molar-refractivity contribution is 5.81. The highest BCUT2D eigenvalue weighted by Crippen LogP contribution is 2.30. The Morgan fingerprint density at radius 2 is 1.83 bits per heavy atom. The van der Waals surface area contributed by atoms with E-state index in [1.54, 1.807) is 12.1 Å². The van der Waals surface area contributed by atoms with E-state index in [1.807, 2.05) is 0 Å². The topological polar surface area (TPSA) is 82.3 Å². The summed E-state index contributed by atoms with van der Waals surface area (Å²) in [5.74, 6) is -0.506. The van der Waals surface area contributed by atoms with Crippen molar-refractivity contribution in [2.75, 3.05) is 20.3 Å². The molecule has 10 heteroatoms. The molecule has 7 nitrogen and oxygen atoms in total. The van der Waals surface area contributed by atoms with Crippen LogP contribution in [0.2, 0.25) is 0 Å².